The van der Waals surface area contributed by atoms with E-state index in [-0.39, 0.29) is 5.91 Å². The monoisotopic (exact) mass is 197 g/mol. The van der Waals surface area contributed by atoms with E-state index in [1.54, 1.807) is 0 Å². The van der Waals surface area contributed by atoms with Crippen LogP contribution in [-0.4, -0.2) is 24.3 Å². The average Bonchev–Trinajstić information content (AvgIpc) is 2.64. The third-order valence-corrected chi connectivity index (χ3v) is 1.60. The lowest BCUT2D eigenvalue weighted by atomic mass is 10.2. The normalized spacial score (nSPS) is 10.5. The minimum absolute atomic E-state index is 0.227. The summed E-state index contributed by atoms with van der Waals surface area (Å²) >= 11 is 0. The van der Waals surface area contributed by atoms with Crippen LogP contribution in [0.3, 0.4) is 0 Å². The molecule has 5 heteroatoms. The van der Waals surface area contributed by atoms with Crippen molar-refractivity contribution in [2.45, 2.75) is 13.8 Å². The van der Waals surface area contributed by atoms with Crippen molar-refractivity contribution in [3.05, 3.63) is 18.0 Å². The fourth-order valence-electron chi connectivity index (χ4n) is 0.924. The van der Waals surface area contributed by atoms with E-state index >= 15 is 0 Å². The SMILES string of the molecule is CC(C)CNCNC(=O)c1ccon1. The van der Waals surface area contributed by atoms with E-state index in [1.807, 2.05) is 0 Å². The Hall–Kier alpha value is -1.36. The second kappa shape index (κ2) is 5.39. The predicted octanol–water partition coefficient (Wildman–Crippen LogP) is 0.607. The molecule has 0 aliphatic heterocycles. The predicted molar refractivity (Wildman–Crippen MR) is 51.7 cm³/mol. The molecular formula is C9H15N3O2. The third kappa shape index (κ3) is 3.57. The van der Waals surface area contributed by atoms with Crippen molar-refractivity contribution < 1.29 is 9.32 Å². The highest BCUT2D eigenvalue weighted by atomic mass is 16.5. The van der Waals surface area contributed by atoms with Gasteiger partial charge in [-0.15, -0.1) is 0 Å². The van der Waals surface area contributed by atoms with E-state index in [1.165, 1.54) is 12.3 Å². The quantitative estimate of drug-likeness (QED) is 0.536. The molecular weight excluding hydrogens is 182 g/mol. The van der Waals surface area contributed by atoms with Crippen molar-refractivity contribution in [1.29, 1.82) is 0 Å². The minimum atomic E-state index is -0.227. The first kappa shape index (κ1) is 10.7. The Morgan fingerprint density at radius 3 is 3.00 bits per heavy atom. The molecule has 0 spiro atoms. The van der Waals surface area contributed by atoms with Crippen LogP contribution < -0.4 is 10.6 Å². The molecule has 14 heavy (non-hydrogen) atoms. The Bertz CT molecular complexity index is 270. The van der Waals surface area contributed by atoms with Crippen LogP contribution in [0.2, 0.25) is 0 Å². The number of carbonyl (C=O) groups excluding carboxylic acids is 1. The van der Waals surface area contributed by atoms with Crippen molar-refractivity contribution in [3.8, 4) is 0 Å². The summed E-state index contributed by atoms with van der Waals surface area (Å²) in [5, 5.41) is 9.27. The van der Waals surface area contributed by atoms with Gasteiger partial charge in [0.2, 0.25) is 0 Å². The minimum Gasteiger partial charge on any atom is -0.364 e. The van der Waals surface area contributed by atoms with Crippen LogP contribution in [-0.2, 0) is 0 Å². The van der Waals surface area contributed by atoms with E-state index in [9.17, 15) is 4.79 Å². The third-order valence-electron chi connectivity index (χ3n) is 1.60. The van der Waals surface area contributed by atoms with Crippen molar-refractivity contribution in [2.75, 3.05) is 13.2 Å². The van der Waals surface area contributed by atoms with Crippen LogP contribution in [0.4, 0.5) is 0 Å². The number of nitrogens with zero attached hydrogens (tertiary/aromatic N) is 1. The lowest BCUT2D eigenvalue weighted by molar-refractivity contribution is 0.0941. The highest BCUT2D eigenvalue weighted by molar-refractivity contribution is 5.91. The first-order valence-corrected chi connectivity index (χ1v) is 4.59. The molecule has 1 rings (SSSR count). The second-order valence-electron chi connectivity index (χ2n) is 3.42. The Morgan fingerprint density at radius 2 is 2.43 bits per heavy atom. The van der Waals surface area contributed by atoms with Gasteiger partial charge in [0.15, 0.2) is 5.69 Å². The van der Waals surface area contributed by atoms with Gasteiger partial charge in [0.25, 0.3) is 5.91 Å². The molecule has 0 fully saturated rings. The van der Waals surface area contributed by atoms with Crippen LogP contribution >= 0.6 is 0 Å². The summed E-state index contributed by atoms with van der Waals surface area (Å²) in [7, 11) is 0. The van der Waals surface area contributed by atoms with Crippen molar-refractivity contribution >= 4 is 5.91 Å². The summed E-state index contributed by atoms with van der Waals surface area (Å²) in [5.41, 5.74) is 0.302. The molecule has 2 N–H and O–H groups in total. The summed E-state index contributed by atoms with van der Waals surface area (Å²) in [4.78, 5) is 11.3. The summed E-state index contributed by atoms with van der Waals surface area (Å²) in [5.74, 6) is 0.342. The van der Waals surface area contributed by atoms with Gasteiger partial charge in [-0.3, -0.25) is 10.1 Å². The molecule has 0 aromatic carbocycles. The van der Waals surface area contributed by atoms with Gasteiger partial charge < -0.3 is 9.84 Å². The fraction of sp³-hybridized carbons (Fsp3) is 0.556. The Balaban J connectivity index is 2.16. The molecule has 78 valence electrons. The van der Waals surface area contributed by atoms with Crippen LogP contribution in [0.1, 0.15) is 24.3 Å². The maximum absolute atomic E-state index is 11.3. The lowest BCUT2D eigenvalue weighted by Gasteiger charge is -2.07. The number of amides is 1. The van der Waals surface area contributed by atoms with Gasteiger partial charge in [-0.05, 0) is 12.5 Å². The van der Waals surface area contributed by atoms with Crippen molar-refractivity contribution in [1.82, 2.24) is 15.8 Å². The maximum atomic E-state index is 11.3. The van der Waals surface area contributed by atoms with E-state index < -0.39 is 0 Å². The highest BCUT2D eigenvalue weighted by Gasteiger charge is 2.06. The summed E-state index contributed by atoms with van der Waals surface area (Å²) in [6.45, 7) is 5.53. The summed E-state index contributed by atoms with van der Waals surface area (Å²) in [6, 6.07) is 1.53. The molecule has 0 aliphatic rings. The zero-order valence-corrected chi connectivity index (χ0v) is 8.41. The first-order valence-electron chi connectivity index (χ1n) is 4.59. The number of hydrogen-bond acceptors (Lipinski definition) is 4. The Morgan fingerprint density at radius 1 is 1.64 bits per heavy atom. The van der Waals surface area contributed by atoms with Crippen LogP contribution in [0.15, 0.2) is 16.9 Å². The van der Waals surface area contributed by atoms with Crippen LogP contribution in [0, 0.1) is 5.92 Å². The lowest BCUT2D eigenvalue weighted by Crippen LogP contribution is -2.35. The number of carbonyl (C=O) groups is 1. The van der Waals surface area contributed by atoms with E-state index in [0.29, 0.717) is 18.3 Å². The topological polar surface area (TPSA) is 67.2 Å². The molecule has 0 bridgehead atoms. The van der Waals surface area contributed by atoms with Gasteiger partial charge >= 0.3 is 0 Å². The average molecular weight is 197 g/mol. The standard InChI is InChI=1S/C9H15N3O2/c1-7(2)5-10-6-11-9(13)8-3-4-14-12-8/h3-4,7,10H,5-6H2,1-2H3,(H,11,13). The molecule has 0 saturated heterocycles. The van der Waals surface area contributed by atoms with Gasteiger partial charge in [-0.1, -0.05) is 19.0 Å². The van der Waals surface area contributed by atoms with Gasteiger partial charge in [0.1, 0.15) is 6.26 Å². The first-order chi connectivity index (χ1) is 6.70. The van der Waals surface area contributed by atoms with Gasteiger partial charge in [0.05, 0.1) is 6.67 Å². The fourth-order valence-corrected chi connectivity index (χ4v) is 0.924. The number of hydrogen-bond donors (Lipinski definition) is 2. The number of rotatable bonds is 5. The Kier molecular flexibility index (Phi) is 4.12. The molecule has 0 unspecified atom stereocenters. The second-order valence-corrected chi connectivity index (χ2v) is 3.42. The molecule has 5 nitrogen and oxygen atoms in total. The van der Waals surface area contributed by atoms with Crippen LogP contribution in [0.25, 0.3) is 0 Å². The number of aromatic nitrogens is 1. The summed E-state index contributed by atoms with van der Waals surface area (Å²) in [6.07, 6.45) is 1.37. The molecule has 1 aromatic heterocycles. The maximum Gasteiger partial charge on any atom is 0.274 e. The molecule has 0 radical (unpaired) electrons. The van der Waals surface area contributed by atoms with Gasteiger partial charge in [0, 0.05) is 6.07 Å². The smallest absolute Gasteiger partial charge is 0.274 e. The van der Waals surface area contributed by atoms with E-state index in [0.717, 1.165) is 6.54 Å². The highest BCUT2D eigenvalue weighted by Crippen LogP contribution is 1.92. The van der Waals surface area contributed by atoms with E-state index in [4.69, 9.17) is 0 Å². The van der Waals surface area contributed by atoms with Gasteiger partial charge in [-0.25, -0.2) is 0 Å². The molecule has 0 atom stereocenters. The molecule has 1 heterocycles. The molecule has 0 aliphatic carbocycles. The van der Waals surface area contributed by atoms with Gasteiger partial charge in [-0.2, -0.15) is 0 Å². The van der Waals surface area contributed by atoms with E-state index in [2.05, 4.69) is 34.2 Å². The molecule has 1 amide bonds. The van der Waals surface area contributed by atoms with Crippen molar-refractivity contribution in [2.24, 2.45) is 5.92 Å². The number of nitrogens with one attached hydrogen (secondary N) is 2. The molecule has 1 aromatic rings. The zero-order chi connectivity index (χ0) is 10.4. The van der Waals surface area contributed by atoms with Crippen LogP contribution in [0.5, 0.6) is 0 Å². The molecule has 0 saturated carbocycles. The largest absolute Gasteiger partial charge is 0.364 e. The zero-order valence-electron chi connectivity index (χ0n) is 8.41. The Labute approximate surface area is 82.8 Å². The summed E-state index contributed by atoms with van der Waals surface area (Å²) < 4.78 is 4.55. The van der Waals surface area contributed by atoms with Crippen molar-refractivity contribution in [3.63, 3.8) is 0 Å².